The first-order valence-electron chi connectivity index (χ1n) is 6.87. The first-order chi connectivity index (χ1) is 9.63. The van der Waals surface area contributed by atoms with Gasteiger partial charge in [0.25, 0.3) is 0 Å². The third kappa shape index (κ3) is 3.28. The number of hydrogen-bond acceptors (Lipinski definition) is 3. The molecule has 0 fully saturated rings. The summed E-state index contributed by atoms with van der Waals surface area (Å²) in [4.78, 5) is 14.0. The van der Waals surface area contributed by atoms with Crippen LogP contribution in [0, 0.1) is 6.92 Å². The van der Waals surface area contributed by atoms with Gasteiger partial charge in [-0.05, 0) is 37.1 Å². The van der Waals surface area contributed by atoms with Crippen LogP contribution >= 0.6 is 11.9 Å². The Labute approximate surface area is 123 Å². The minimum Gasteiger partial charge on any atom is -0.477 e. The van der Waals surface area contributed by atoms with E-state index in [0.717, 1.165) is 27.9 Å². The lowest BCUT2D eigenvalue weighted by atomic mass is 10.1. The lowest BCUT2D eigenvalue weighted by Crippen LogP contribution is -1.97. The van der Waals surface area contributed by atoms with E-state index in [9.17, 15) is 4.79 Å². The van der Waals surface area contributed by atoms with Gasteiger partial charge in [-0.3, -0.25) is 0 Å². The molecule has 0 unspecified atom stereocenters. The van der Waals surface area contributed by atoms with Gasteiger partial charge in [-0.2, -0.15) is 0 Å². The summed E-state index contributed by atoms with van der Waals surface area (Å²) in [5.41, 5.74) is 2.93. The number of aromatic nitrogens is 1. The molecule has 2 aromatic rings. The van der Waals surface area contributed by atoms with Gasteiger partial charge >= 0.3 is 5.97 Å². The quantitative estimate of drug-likeness (QED) is 0.522. The number of unbranched alkanes of at least 4 members (excludes halogenated alkanes) is 2. The maximum atomic E-state index is 11.1. The summed E-state index contributed by atoms with van der Waals surface area (Å²) in [6, 6.07) is 5.89. The Morgan fingerprint density at radius 3 is 2.90 bits per heavy atom. The van der Waals surface area contributed by atoms with Gasteiger partial charge in [0.1, 0.15) is 5.69 Å². The minimum atomic E-state index is -0.915. The molecule has 0 bridgehead atoms. The van der Waals surface area contributed by atoms with Crippen molar-refractivity contribution in [2.24, 2.45) is 0 Å². The fourth-order valence-electron chi connectivity index (χ4n) is 2.16. The molecule has 0 aliphatic carbocycles. The van der Waals surface area contributed by atoms with Crippen LogP contribution in [0.3, 0.4) is 0 Å². The van der Waals surface area contributed by atoms with E-state index < -0.39 is 5.97 Å². The number of nitrogens with one attached hydrogen (secondary N) is 2. The number of carboxylic acids is 1. The third-order valence-corrected chi connectivity index (χ3v) is 4.18. The lowest BCUT2D eigenvalue weighted by Gasteiger charge is -2.05. The molecule has 0 aliphatic heterocycles. The molecule has 20 heavy (non-hydrogen) atoms. The Bertz CT molecular complexity index is 607. The first-order valence-corrected chi connectivity index (χ1v) is 7.85. The molecule has 0 saturated carbocycles. The molecule has 0 aliphatic rings. The number of hydrogen-bond donors (Lipinski definition) is 3. The van der Waals surface area contributed by atoms with Gasteiger partial charge in [0.2, 0.25) is 0 Å². The Morgan fingerprint density at radius 1 is 1.40 bits per heavy atom. The smallest absolute Gasteiger partial charge is 0.352 e. The number of rotatable bonds is 7. The van der Waals surface area contributed by atoms with Gasteiger partial charge in [0.05, 0.1) is 0 Å². The molecule has 2 rings (SSSR count). The number of benzene rings is 1. The SMILES string of the molecule is CCCCCSNc1ccc2[nH]c(C(=O)O)c(C)c2c1. The highest BCUT2D eigenvalue weighted by Gasteiger charge is 2.13. The highest BCUT2D eigenvalue weighted by atomic mass is 32.2. The largest absolute Gasteiger partial charge is 0.477 e. The van der Waals surface area contributed by atoms with Gasteiger partial charge in [0, 0.05) is 22.3 Å². The Hall–Kier alpha value is -1.62. The van der Waals surface area contributed by atoms with Gasteiger partial charge in [-0.15, -0.1) is 0 Å². The number of H-pyrrole nitrogens is 1. The second-order valence-electron chi connectivity index (χ2n) is 4.85. The summed E-state index contributed by atoms with van der Waals surface area (Å²) >= 11 is 1.70. The summed E-state index contributed by atoms with van der Waals surface area (Å²) < 4.78 is 3.32. The highest BCUT2D eigenvalue weighted by molar-refractivity contribution is 8.00. The van der Waals surface area contributed by atoms with Crippen molar-refractivity contribution in [3.63, 3.8) is 0 Å². The van der Waals surface area contributed by atoms with Crippen molar-refractivity contribution in [3.05, 3.63) is 29.5 Å². The molecule has 0 atom stereocenters. The van der Waals surface area contributed by atoms with Crippen LogP contribution in [0.1, 0.15) is 42.2 Å². The van der Waals surface area contributed by atoms with Gasteiger partial charge < -0.3 is 14.8 Å². The normalized spacial score (nSPS) is 10.9. The van der Waals surface area contributed by atoms with E-state index in [-0.39, 0.29) is 5.69 Å². The molecule has 1 aromatic carbocycles. The molecule has 0 spiro atoms. The second-order valence-corrected chi connectivity index (χ2v) is 5.75. The fraction of sp³-hybridized carbons (Fsp3) is 0.400. The summed E-state index contributed by atoms with van der Waals surface area (Å²) in [5.74, 6) is 0.167. The zero-order chi connectivity index (χ0) is 14.5. The van der Waals surface area contributed by atoms with Crippen LogP contribution < -0.4 is 4.72 Å². The Balaban J connectivity index is 2.09. The number of carbonyl (C=O) groups is 1. The third-order valence-electron chi connectivity index (χ3n) is 3.31. The number of carboxylic acid groups (broad SMARTS) is 1. The van der Waals surface area contributed by atoms with Crippen LogP contribution in [0.15, 0.2) is 18.2 Å². The van der Waals surface area contributed by atoms with E-state index in [1.54, 1.807) is 11.9 Å². The van der Waals surface area contributed by atoms with E-state index in [4.69, 9.17) is 5.11 Å². The summed E-state index contributed by atoms with van der Waals surface area (Å²) in [6.45, 7) is 4.03. The van der Waals surface area contributed by atoms with Crippen molar-refractivity contribution in [3.8, 4) is 0 Å². The number of aromatic carboxylic acids is 1. The van der Waals surface area contributed by atoms with E-state index in [1.807, 2.05) is 25.1 Å². The maximum absolute atomic E-state index is 11.1. The molecule has 0 amide bonds. The molecule has 3 N–H and O–H groups in total. The average Bonchev–Trinajstić information content (AvgIpc) is 2.76. The van der Waals surface area contributed by atoms with Crippen molar-refractivity contribution in [1.82, 2.24) is 4.98 Å². The molecule has 0 saturated heterocycles. The van der Waals surface area contributed by atoms with E-state index in [1.165, 1.54) is 19.3 Å². The fourth-order valence-corrected chi connectivity index (χ4v) is 2.91. The molecule has 1 heterocycles. The van der Waals surface area contributed by atoms with Gasteiger partial charge in [-0.25, -0.2) is 4.79 Å². The Morgan fingerprint density at radius 2 is 2.20 bits per heavy atom. The van der Waals surface area contributed by atoms with E-state index >= 15 is 0 Å². The van der Waals surface area contributed by atoms with E-state index in [0.29, 0.717) is 0 Å². The van der Waals surface area contributed by atoms with E-state index in [2.05, 4.69) is 16.6 Å². The predicted octanol–water partition coefficient (Wildman–Crippen LogP) is 4.42. The zero-order valence-corrected chi connectivity index (χ0v) is 12.6. The summed E-state index contributed by atoms with van der Waals surface area (Å²) in [6.07, 6.45) is 3.70. The highest BCUT2D eigenvalue weighted by Crippen LogP contribution is 2.26. The molecule has 5 heteroatoms. The molecular formula is C15H20N2O2S. The molecule has 108 valence electrons. The summed E-state index contributed by atoms with van der Waals surface area (Å²) in [7, 11) is 0. The van der Waals surface area contributed by atoms with Crippen LogP contribution in [0.5, 0.6) is 0 Å². The predicted molar refractivity (Wildman–Crippen MR) is 85.6 cm³/mol. The van der Waals surface area contributed by atoms with Crippen LogP contribution in [0.4, 0.5) is 5.69 Å². The van der Waals surface area contributed by atoms with Crippen molar-refractivity contribution < 1.29 is 9.90 Å². The topological polar surface area (TPSA) is 65.1 Å². The molecular weight excluding hydrogens is 272 g/mol. The van der Waals surface area contributed by atoms with Crippen LogP contribution in [-0.4, -0.2) is 21.8 Å². The molecule has 4 nitrogen and oxygen atoms in total. The van der Waals surface area contributed by atoms with Crippen molar-refractivity contribution in [2.75, 3.05) is 10.5 Å². The van der Waals surface area contributed by atoms with Gasteiger partial charge in [0.15, 0.2) is 0 Å². The Kier molecular flexibility index (Phi) is 4.95. The van der Waals surface area contributed by atoms with Crippen LogP contribution in [-0.2, 0) is 0 Å². The van der Waals surface area contributed by atoms with Crippen molar-refractivity contribution in [1.29, 1.82) is 0 Å². The van der Waals surface area contributed by atoms with Crippen molar-refractivity contribution in [2.45, 2.75) is 33.1 Å². The summed E-state index contributed by atoms with van der Waals surface area (Å²) in [5, 5.41) is 10.1. The zero-order valence-electron chi connectivity index (χ0n) is 11.8. The van der Waals surface area contributed by atoms with Gasteiger partial charge in [-0.1, -0.05) is 31.7 Å². The minimum absolute atomic E-state index is 0.271. The van der Waals surface area contributed by atoms with Crippen molar-refractivity contribution >= 4 is 34.5 Å². The number of aryl methyl sites for hydroxylation is 1. The van der Waals surface area contributed by atoms with Crippen LogP contribution in [0.2, 0.25) is 0 Å². The number of fused-ring (bicyclic) bond motifs is 1. The molecule has 1 aromatic heterocycles. The monoisotopic (exact) mass is 292 g/mol. The average molecular weight is 292 g/mol. The van der Waals surface area contributed by atoms with Crippen LogP contribution in [0.25, 0.3) is 10.9 Å². The maximum Gasteiger partial charge on any atom is 0.352 e. The standard InChI is InChI=1S/C15H20N2O2S/c1-3-4-5-8-20-17-11-6-7-13-12(9-11)10(2)14(16-13)15(18)19/h6-7,9,16-17H,3-5,8H2,1-2H3,(H,18,19). The lowest BCUT2D eigenvalue weighted by molar-refractivity contribution is 0.0691. The number of anilines is 1. The molecule has 0 radical (unpaired) electrons. The first kappa shape index (κ1) is 14.8. The number of aromatic amines is 1. The second kappa shape index (κ2) is 6.70.